The van der Waals surface area contributed by atoms with Gasteiger partial charge in [-0.15, -0.1) is 0 Å². The molecule has 12 heavy (non-hydrogen) atoms. The van der Waals surface area contributed by atoms with Crippen molar-refractivity contribution < 1.29 is 4.79 Å². The molecular weight excluding hydrogens is 154 g/mol. The highest BCUT2D eigenvalue weighted by atomic mass is 16.2. The number of nitrogens with zero attached hydrogens (tertiary/aromatic N) is 2. The highest BCUT2D eigenvalue weighted by Crippen LogP contribution is 2.22. The molecular formula is C8H13N3O. The number of likely N-dealkylation sites (tertiary alicyclic amines) is 1. The lowest BCUT2D eigenvalue weighted by Crippen LogP contribution is -2.33. The first-order chi connectivity index (χ1) is 5.57. The minimum absolute atomic E-state index is 0.00398. The molecule has 0 radical (unpaired) electrons. The van der Waals surface area contributed by atoms with Crippen LogP contribution in [0.5, 0.6) is 0 Å². The van der Waals surface area contributed by atoms with Crippen LogP contribution < -0.4 is 5.73 Å². The molecule has 0 aliphatic carbocycles. The van der Waals surface area contributed by atoms with E-state index >= 15 is 0 Å². The fourth-order valence-electron chi connectivity index (χ4n) is 1.68. The number of amides is 1. The number of nitriles is 1. The summed E-state index contributed by atoms with van der Waals surface area (Å²) in [5.74, 6) is -0.218. The van der Waals surface area contributed by atoms with Crippen LogP contribution in [0.2, 0.25) is 0 Å². The number of nitrogens with two attached hydrogens (primary N) is 1. The fraction of sp³-hybridized carbons (Fsp3) is 0.750. The van der Waals surface area contributed by atoms with E-state index in [2.05, 4.69) is 6.07 Å². The van der Waals surface area contributed by atoms with E-state index in [1.807, 2.05) is 6.92 Å². The third kappa shape index (κ3) is 1.28. The van der Waals surface area contributed by atoms with Gasteiger partial charge in [0.25, 0.3) is 0 Å². The zero-order valence-electron chi connectivity index (χ0n) is 7.32. The van der Waals surface area contributed by atoms with Crippen LogP contribution in [0.4, 0.5) is 0 Å². The predicted octanol–water partition coefficient (Wildman–Crippen LogP) is -0.296. The van der Waals surface area contributed by atoms with E-state index in [9.17, 15) is 4.79 Å². The van der Waals surface area contributed by atoms with Crippen LogP contribution >= 0.6 is 0 Å². The summed E-state index contributed by atoms with van der Waals surface area (Å²) < 4.78 is 0. The lowest BCUT2D eigenvalue weighted by atomic mass is 10.0. The summed E-state index contributed by atoms with van der Waals surface area (Å²) in [6.07, 6.45) is 0. The van der Waals surface area contributed by atoms with Crippen LogP contribution in [-0.4, -0.2) is 29.4 Å². The minimum Gasteiger partial charge on any atom is -0.337 e. The Balaban J connectivity index is 2.76. The molecule has 66 valence electrons. The molecule has 1 aliphatic heterocycles. The minimum atomic E-state index is -0.214. The first-order valence-electron chi connectivity index (χ1n) is 4.00. The van der Waals surface area contributed by atoms with Crippen LogP contribution in [0.1, 0.15) is 13.8 Å². The van der Waals surface area contributed by atoms with Crippen molar-refractivity contribution >= 4 is 5.91 Å². The molecule has 1 heterocycles. The van der Waals surface area contributed by atoms with Gasteiger partial charge in [-0.25, -0.2) is 0 Å². The summed E-state index contributed by atoms with van der Waals surface area (Å²) >= 11 is 0. The molecule has 0 aromatic carbocycles. The maximum atomic E-state index is 11.0. The highest BCUT2D eigenvalue weighted by Gasteiger charge is 2.38. The Morgan fingerprint density at radius 3 is 2.58 bits per heavy atom. The monoisotopic (exact) mass is 167 g/mol. The van der Waals surface area contributed by atoms with Gasteiger partial charge in [-0.05, 0) is 6.92 Å². The number of hydrogen-bond acceptors (Lipinski definition) is 3. The maximum absolute atomic E-state index is 11.0. The van der Waals surface area contributed by atoms with Crippen molar-refractivity contribution in [3.8, 4) is 6.07 Å². The Kier molecular flexibility index (Phi) is 2.34. The van der Waals surface area contributed by atoms with Crippen LogP contribution in [0.15, 0.2) is 0 Å². The van der Waals surface area contributed by atoms with E-state index in [-0.39, 0.29) is 23.9 Å². The standard InChI is InChI=1S/C8H13N3O/c1-5-7(3-9)8(10)4-11(5)6(2)12/h5,7-8H,4,10H2,1-2H3. The van der Waals surface area contributed by atoms with Gasteiger partial charge < -0.3 is 10.6 Å². The third-order valence-electron chi connectivity index (χ3n) is 2.43. The number of carbonyl (C=O) groups excluding carboxylic acids is 1. The summed E-state index contributed by atoms with van der Waals surface area (Å²) in [6, 6.07) is 1.90. The molecule has 1 rings (SSSR count). The van der Waals surface area contributed by atoms with E-state index in [1.54, 1.807) is 4.90 Å². The molecule has 3 atom stereocenters. The molecule has 0 spiro atoms. The maximum Gasteiger partial charge on any atom is 0.219 e. The van der Waals surface area contributed by atoms with Gasteiger partial charge in [0.05, 0.1) is 12.0 Å². The number of rotatable bonds is 0. The molecule has 4 heteroatoms. The van der Waals surface area contributed by atoms with Crippen molar-refractivity contribution in [1.29, 1.82) is 5.26 Å². The Labute approximate surface area is 71.9 Å². The lowest BCUT2D eigenvalue weighted by molar-refractivity contribution is -0.129. The van der Waals surface area contributed by atoms with Crippen molar-refractivity contribution in [2.45, 2.75) is 25.9 Å². The van der Waals surface area contributed by atoms with Crippen LogP contribution in [-0.2, 0) is 4.79 Å². The molecule has 4 nitrogen and oxygen atoms in total. The van der Waals surface area contributed by atoms with E-state index in [1.165, 1.54) is 6.92 Å². The molecule has 0 aromatic rings. The zero-order chi connectivity index (χ0) is 9.30. The Morgan fingerprint density at radius 2 is 2.33 bits per heavy atom. The molecule has 2 N–H and O–H groups in total. The summed E-state index contributed by atoms with van der Waals surface area (Å²) in [5, 5.41) is 8.74. The van der Waals surface area contributed by atoms with Gasteiger partial charge in [0, 0.05) is 25.6 Å². The molecule has 0 bridgehead atoms. The van der Waals surface area contributed by atoms with E-state index < -0.39 is 0 Å². The second-order valence-corrected chi connectivity index (χ2v) is 3.23. The molecule has 0 saturated carbocycles. The SMILES string of the molecule is CC(=O)N1CC(N)C(C#N)C1C. The summed E-state index contributed by atoms with van der Waals surface area (Å²) in [6.45, 7) is 3.87. The normalized spacial score (nSPS) is 34.8. The molecule has 0 aromatic heterocycles. The average Bonchev–Trinajstić information content (AvgIpc) is 2.27. The first-order valence-corrected chi connectivity index (χ1v) is 4.00. The van der Waals surface area contributed by atoms with Gasteiger partial charge in [-0.1, -0.05) is 0 Å². The molecule has 3 unspecified atom stereocenters. The van der Waals surface area contributed by atoms with Crippen molar-refractivity contribution in [2.24, 2.45) is 11.7 Å². The van der Waals surface area contributed by atoms with Crippen LogP contribution in [0.25, 0.3) is 0 Å². The second-order valence-electron chi connectivity index (χ2n) is 3.23. The predicted molar refractivity (Wildman–Crippen MR) is 43.9 cm³/mol. The van der Waals surface area contributed by atoms with Crippen molar-refractivity contribution in [3.05, 3.63) is 0 Å². The van der Waals surface area contributed by atoms with Gasteiger partial charge in [0.2, 0.25) is 5.91 Å². The summed E-state index contributed by atoms with van der Waals surface area (Å²) in [7, 11) is 0. The summed E-state index contributed by atoms with van der Waals surface area (Å²) in [4.78, 5) is 12.7. The Bertz CT molecular complexity index is 233. The molecule has 1 saturated heterocycles. The number of carbonyl (C=O) groups is 1. The largest absolute Gasteiger partial charge is 0.337 e. The smallest absolute Gasteiger partial charge is 0.219 e. The quantitative estimate of drug-likeness (QED) is 0.538. The van der Waals surface area contributed by atoms with E-state index in [4.69, 9.17) is 11.0 Å². The average molecular weight is 167 g/mol. The van der Waals surface area contributed by atoms with Crippen molar-refractivity contribution in [3.63, 3.8) is 0 Å². The van der Waals surface area contributed by atoms with Gasteiger partial charge in [0.1, 0.15) is 0 Å². The Morgan fingerprint density at radius 1 is 1.75 bits per heavy atom. The van der Waals surface area contributed by atoms with Gasteiger partial charge in [0.15, 0.2) is 0 Å². The van der Waals surface area contributed by atoms with E-state index in [0.717, 1.165) is 0 Å². The summed E-state index contributed by atoms with van der Waals surface area (Å²) in [5.41, 5.74) is 5.69. The molecule has 1 aliphatic rings. The van der Waals surface area contributed by atoms with Crippen molar-refractivity contribution in [1.82, 2.24) is 4.90 Å². The van der Waals surface area contributed by atoms with Crippen molar-refractivity contribution in [2.75, 3.05) is 6.54 Å². The van der Waals surface area contributed by atoms with Crippen LogP contribution in [0.3, 0.4) is 0 Å². The van der Waals surface area contributed by atoms with E-state index in [0.29, 0.717) is 6.54 Å². The topological polar surface area (TPSA) is 70.1 Å². The zero-order valence-corrected chi connectivity index (χ0v) is 7.32. The molecule has 1 amide bonds. The van der Waals surface area contributed by atoms with Gasteiger partial charge in [-0.3, -0.25) is 4.79 Å². The van der Waals surface area contributed by atoms with Crippen LogP contribution in [0, 0.1) is 17.2 Å². The Hall–Kier alpha value is -1.08. The highest BCUT2D eigenvalue weighted by molar-refractivity contribution is 5.74. The molecule has 1 fully saturated rings. The second kappa shape index (κ2) is 3.11. The number of hydrogen-bond donors (Lipinski definition) is 1. The lowest BCUT2D eigenvalue weighted by Gasteiger charge is -2.19. The third-order valence-corrected chi connectivity index (χ3v) is 2.43. The fourth-order valence-corrected chi connectivity index (χ4v) is 1.68. The van der Waals surface area contributed by atoms with Gasteiger partial charge >= 0.3 is 0 Å². The van der Waals surface area contributed by atoms with Gasteiger partial charge in [-0.2, -0.15) is 5.26 Å². The first kappa shape index (κ1) is 9.01.